The highest BCUT2D eigenvalue weighted by atomic mass is 32.2. The van der Waals surface area contributed by atoms with Crippen LogP contribution in [-0.4, -0.2) is 11.6 Å². The molecule has 4 heteroatoms. The number of thioether (sulfide) groups is 2. The number of carbonyl (C=O) groups excluding carboxylic acids is 1. The average Bonchev–Trinajstić information content (AvgIpc) is 2.48. The van der Waals surface area contributed by atoms with Gasteiger partial charge in [0.25, 0.3) is 0 Å². The van der Waals surface area contributed by atoms with Gasteiger partial charge in [-0.3, -0.25) is 0 Å². The van der Waals surface area contributed by atoms with Crippen LogP contribution in [0.25, 0.3) is 0 Å². The molecule has 2 nitrogen and oxygen atoms in total. The highest BCUT2D eigenvalue weighted by molar-refractivity contribution is 8.12. The van der Waals surface area contributed by atoms with Crippen LogP contribution in [0, 0.1) is 0 Å². The molecule has 0 aromatic rings. The normalized spacial score (nSPS) is 19.2. The summed E-state index contributed by atoms with van der Waals surface area (Å²) in [5.74, 6) is -0.257. The zero-order valence-corrected chi connectivity index (χ0v) is 12.4. The van der Waals surface area contributed by atoms with E-state index < -0.39 is 5.60 Å². The predicted molar refractivity (Wildman–Crippen MR) is 79.0 cm³/mol. The molecule has 18 heavy (non-hydrogen) atoms. The summed E-state index contributed by atoms with van der Waals surface area (Å²) in [5, 5.41) is 4.11. The molecule has 0 aromatic heterocycles. The van der Waals surface area contributed by atoms with Gasteiger partial charge >= 0.3 is 5.97 Å². The lowest BCUT2D eigenvalue weighted by Gasteiger charge is -2.19. The van der Waals surface area contributed by atoms with Crippen molar-refractivity contribution in [3.8, 4) is 0 Å². The molecule has 0 fully saturated rings. The lowest BCUT2D eigenvalue weighted by molar-refractivity contribution is -0.149. The van der Waals surface area contributed by atoms with E-state index in [1.807, 2.05) is 44.4 Å². The maximum absolute atomic E-state index is 12.0. The van der Waals surface area contributed by atoms with Gasteiger partial charge < -0.3 is 4.74 Å². The first kappa shape index (κ1) is 13.6. The fourth-order valence-electron chi connectivity index (χ4n) is 1.54. The van der Waals surface area contributed by atoms with Crippen LogP contribution in [0.2, 0.25) is 0 Å². The monoisotopic (exact) mass is 280 g/mol. The molecule has 1 heterocycles. The Kier molecular flexibility index (Phi) is 4.07. The van der Waals surface area contributed by atoms with Crippen LogP contribution in [-0.2, 0) is 9.53 Å². The molecule has 2 rings (SSSR count). The number of esters is 1. The van der Waals surface area contributed by atoms with E-state index in [-0.39, 0.29) is 5.97 Å². The van der Waals surface area contributed by atoms with Gasteiger partial charge in [0.1, 0.15) is 5.60 Å². The zero-order chi connectivity index (χ0) is 13.2. The maximum Gasteiger partial charge on any atom is 0.338 e. The summed E-state index contributed by atoms with van der Waals surface area (Å²) in [7, 11) is 0. The second-order valence-corrected chi connectivity index (χ2v) is 6.95. The van der Waals surface area contributed by atoms with Crippen molar-refractivity contribution in [1.29, 1.82) is 0 Å². The third-order valence-corrected chi connectivity index (χ3v) is 4.39. The number of hydrogen-bond acceptors (Lipinski definition) is 4. The molecule has 0 unspecified atom stereocenters. The Balaban J connectivity index is 2.20. The summed E-state index contributed by atoms with van der Waals surface area (Å²) >= 11 is 3.37. The molecular formula is C14H16O2S2. The summed E-state index contributed by atoms with van der Waals surface area (Å²) in [6, 6.07) is 0. The van der Waals surface area contributed by atoms with Crippen LogP contribution in [0.3, 0.4) is 0 Å². The minimum absolute atomic E-state index is 0.257. The molecule has 0 atom stereocenters. The van der Waals surface area contributed by atoms with Gasteiger partial charge in [-0.05, 0) is 44.1 Å². The van der Waals surface area contributed by atoms with Crippen molar-refractivity contribution in [1.82, 2.24) is 0 Å². The Morgan fingerprint density at radius 1 is 1.28 bits per heavy atom. The van der Waals surface area contributed by atoms with Gasteiger partial charge in [0.2, 0.25) is 0 Å². The Hall–Kier alpha value is -0.870. The first-order valence-electron chi connectivity index (χ1n) is 5.79. The first-order chi connectivity index (χ1) is 8.46. The van der Waals surface area contributed by atoms with E-state index >= 15 is 0 Å². The number of carbonyl (C=O) groups is 1. The summed E-state index contributed by atoms with van der Waals surface area (Å²) < 4.78 is 5.40. The molecule has 1 aliphatic carbocycles. The van der Waals surface area contributed by atoms with Crippen molar-refractivity contribution >= 4 is 29.5 Å². The Bertz CT molecular complexity index is 477. The summed E-state index contributed by atoms with van der Waals surface area (Å²) in [6.45, 7) is 5.64. The van der Waals surface area contributed by atoms with Crippen LogP contribution >= 0.6 is 23.5 Å². The molecule has 0 N–H and O–H groups in total. The topological polar surface area (TPSA) is 26.3 Å². The zero-order valence-electron chi connectivity index (χ0n) is 10.7. The van der Waals surface area contributed by atoms with Gasteiger partial charge in [-0.15, -0.1) is 11.8 Å². The SMILES string of the molecule is CC(C)(C)OC(=O)C1=CC2=C(CC=C1)SC=CS2. The largest absolute Gasteiger partial charge is 0.456 e. The van der Waals surface area contributed by atoms with Gasteiger partial charge in [-0.25, -0.2) is 4.79 Å². The first-order valence-corrected chi connectivity index (χ1v) is 7.55. The number of hydrogen-bond donors (Lipinski definition) is 0. The van der Waals surface area contributed by atoms with E-state index in [0.717, 1.165) is 11.3 Å². The smallest absolute Gasteiger partial charge is 0.338 e. The molecular weight excluding hydrogens is 264 g/mol. The molecule has 1 aliphatic heterocycles. The Morgan fingerprint density at radius 3 is 2.72 bits per heavy atom. The fraction of sp³-hybridized carbons (Fsp3) is 0.357. The lowest BCUT2D eigenvalue weighted by Crippen LogP contribution is -2.24. The molecule has 0 bridgehead atoms. The second-order valence-electron chi connectivity index (χ2n) is 5.00. The highest BCUT2D eigenvalue weighted by Crippen LogP contribution is 2.39. The molecule has 2 aliphatic rings. The van der Waals surface area contributed by atoms with Crippen molar-refractivity contribution in [2.75, 3.05) is 0 Å². The molecule has 0 saturated heterocycles. The summed E-state index contributed by atoms with van der Waals surface area (Å²) in [5.41, 5.74) is 0.169. The van der Waals surface area contributed by atoms with Crippen molar-refractivity contribution in [3.05, 3.63) is 44.4 Å². The minimum Gasteiger partial charge on any atom is -0.456 e. The number of allylic oxidation sites excluding steroid dienone is 3. The van der Waals surface area contributed by atoms with Crippen LogP contribution in [0.4, 0.5) is 0 Å². The summed E-state index contributed by atoms with van der Waals surface area (Å²) in [4.78, 5) is 14.5. The van der Waals surface area contributed by atoms with E-state index in [0.29, 0.717) is 5.57 Å². The van der Waals surface area contributed by atoms with Gasteiger partial charge in [0, 0.05) is 9.81 Å². The molecule has 96 valence electrons. The average molecular weight is 280 g/mol. The highest BCUT2D eigenvalue weighted by Gasteiger charge is 2.20. The fourth-order valence-corrected chi connectivity index (χ4v) is 3.37. The molecule has 0 aromatic carbocycles. The molecule has 0 radical (unpaired) electrons. The Labute approximate surface area is 116 Å². The number of rotatable bonds is 1. The van der Waals surface area contributed by atoms with Gasteiger partial charge in [-0.2, -0.15) is 0 Å². The van der Waals surface area contributed by atoms with Crippen LogP contribution < -0.4 is 0 Å². The van der Waals surface area contributed by atoms with Crippen LogP contribution in [0.15, 0.2) is 44.4 Å². The quantitative estimate of drug-likeness (QED) is 0.666. The van der Waals surface area contributed by atoms with Crippen molar-refractivity contribution in [2.24, 2.45) is 0 Å². The van der Waals surface area contributed by atoms with E-state index in [2.05, 4.69) is 5.41 Å². The van der Waals surface area contributed by atoms with Crippen LogP contribution in [0.1, 0.15) is 27.2 Å². The third kappa shape index (κ3) is 3.56. The van der Waals surface area contributed by atoms with Gasteiger partial charge in [-0.1, -0.05) is 23.9 Å². The maximum atomic E-state index is 12.0. The number of ether oxygens (including phenoxy) is 1. The van der Waals surface area contributed by atoms with E-state index in [9.17, 15) is 4.79 Å². The van der Waals surface area contributed by atoms with Gasteiger partial charge in [0.05, 0.1) is 5.57 Å². The van der Waals surface area contributed by atoms with Gasteiger partial charge in [0.15, 0.2) is 0 Å². The molecule has 0 spiro atoms. The summed E-state index contributed by atoms with van der Waals surface area (Å²) in [6.07, 6.45) is 6.67. The van der Waals surface area contributed by atoms with Crippen molar-refractivity contribution in [2.45, 2.75) is 32.8 Å². The molecule has 0 saturated carbocycles. The third-order valence-electron chi connectivity index (χ3n) is 2.26. The second kappa shape index (κ2) is 5.41. The predicted octanol–water partition coefficient (Wildman–Crippen LogP) is 4.38. The van der Waals surface area contributed by atoms with Crippen molar-refractivity contribution < 1.29 is 9.53 Å². The standard InChI is InChI=1S/C14H16O2S2/c1-14(2,3)16-13(15)10-5-4-6-11-12(9-10)18-8-7-17-11/h4-5,7-9H,6H2,1-3H3. The van der Waals surface area contributed by atoms with Crippen molar-refractivity contribution in [3.63, 3.8) is 0 Å². The van der Waals surface area contributed by atoms with E-state index in [1.54, 1.807) is 23.5 Å². The lowest BCUT2D eigenvalue weighted by atomic mass is 10.2. The Morgan fingerprint density at radius 2 is 2.00 bits per heavy atom. The van der Waals surface area contributed by atoms with E-state index in [4.69, 9.17) is 4.74 Å². The molecule has 0 amide bonds. The van der Waals surface area contributed by atoms with E-state index in [1.165, 1.54) is 4.91 Å². The van der Waals surface area contributed by atoms with Crippen LogP contribution in [0.5, 0.6) is 0 Å². The minimum atomic E-state index is -0.455.